The molecule has 0 saturated heterocycles. The van der Waals surface area contributed by atoms with Crippen molar-refractivity contribution in [2.75, 3.05) is 13.2 Å². The third-order valence-corrected chi connectivity index (χ3v) is 0.1000. The fraction of sp³-hybridized carbons (Fsp3) is 1.00. The standard InChI is InChI=1S/C2H6O2.K.H2O4S.H/c3-1-2-4;;1-5(2,3)4;/h3-4H,1-2H2;;(H2,1,2,3,4);. The average Bonchev–Trinajstić information content (AvgIpc) is 1.61. The number of hydrogen-bond donors (Lipinski definition) is 4. The monoisotopic (exact) mass is 200 g/mol. The van der Waals surface area contributed by atoms with Gasteiger partial charge < -0.3 is 10.2 Å². The Balaban J connectivity index is -0.0000000910. The second-order valence-corrected chi connectivity index (χ2v) is 1.79. The first-order valence-corrected chi connectivity index (χ1v) is 3.23. The van der Waals surface area contributed by atoms with Gasteiger partial charge in [0.2, 0.25) is 0 Å². The Morgan fingerprint density at radius 3 is 1.10 bits per heavy atom. The molecule has 4 N–H and O–H groups in total. The third kappa shape index (κ3) is 114. The quantitative estimate of drug-likeness (QED) is 0.279. The minimum absolute atomic E-state index is 0. The van der Waals surface area contributed by atoms with Crippen molar-refractivity contribution in [2.24, 2.45) is 0 Å². The van der Waals surface area contributed by atoms with Gasteiger partial charge in [-0.25, -0.2) is 0 Å². The molecule has 0 amide bonds. The molecule has 0 bridgehead atoms. The van der Waals surface area contributed by atoms with Crippen molar-refractivity contribution < 1.29 is 27.7 Å². The van der Waals surface area contributed by atoms with Crippen molar-refractivity contribution in [1.82, 2.24) is 0 Å². The molecule has 10 heavy (non-hydrogen) atoms. The Hall–Kier alpha value is 1.43. The van der Waals surface area contributed by atoms with Crippen LogP contribution in [-0.2, 0) is 10.4 Å². The zero-order valence-electron chi connectivity index (χ0n) is 4.43. The van der Waals surface area contributed by atoms with E-state index in [9.17, 15) is 0 Å². The zero-order chi connectivity index (χ0) is 7.91. The van der Waals surface area contributed by atoms with Crippen LogP contribution in [0.3, 0.4) is 0 Å². The molecule has 0 aromatic carbocycles. The van der Waals surface area contributed by atoms with E-state index < -0.39 is 10.4 Å². The van der Waals surface area contributed by atoms with Crippen LogP contribution in [0.2, 0.25) is 0 Å². The summed E-state index contributed by atoms with van der Waals surface area (Å²) in [4.78, 5) is 0. The van der Waals surface area contributed by atoms with Gasteiger partial charge in [0.25, 0.3) is 0 Å². The first kappa shape index (κ1) is 17.5. The van der Waals surface area contributed by atoms with Gasteiger partial charge in [-0.3, -0.25) is 9.11 Å². The van der Waals surface area contributed by atoms with E-state index in [1.165, 1.54) is 0 Å². The summed E-state index contributed by atoms with van der Waals surface area (Å²) in [6.07, 6.45) is 0. The van der Waals surface area contributed by atoms with E-state index >= 15 is 0 Å². The van der Waals surface area contributed by atoms with E-state index in [0.717, 1.165) is 0 Å². The van der Waals surface area contributed by atoms with Crippen LogP contribution in [0.4, 0.5) is 0 Å². The molecule has 0 aliphatic heterocycles. The molecule has 0 heterocycles. The predicted octanol–water partition coefficient (Wildman–Crippen LogP) is -2.33. The van der Waals surface area contributed by atoms with Crippen molar-refractivity contribution in [1.29, 1.82) is 0 Å². The van der Waals surface area contributed by atoms with Gasteiger partial charge in [-0.1, -0.05) is 0 Å². The Labute approximate surface area is 101 Å². The molecule has 0 aromatic heterocycles. The van der Waals surface area contributed by atoms with E-state index in [4.69, 9.17) is 27.7 Å². The Bertz CT molecular complexity index is 119. The van der Waals surface area contributed by atoms with E-state index in [1.807, 2.05) is 0 Å². The molecule has 0 radical (unpaired) electrons. The van der Waals surface area contributed by atoms with Crippen molar-refractivity contribution in [3.8, 4) is 0 Å². The summed E-state index contributed by atoms with van der Waals surface area (Å²) in [6.45, 7) is -0.250. The molecule has 0 aromatic rings. The third-order valence-electron chi connectivity index (χ3n) is 0.1000. The predicted molar refractivity (Wildman–Crippen MR) is 35.5 cm³/mol. The molecule has 0 fully saturated rings. The summed E-state index contributed by atoms with van der Waals surface area (Å²) in [5, 5.41) is 15.2. The second-order valence-electron chi connectivity index (χ2n) is 0.895. The summed E-state index contributed by atoms with van der Waals surface area (Å²) in [7, 11) is -4.67. The van der Waals surface area contributed by atoms with Crippen LogP contribution in [0.15, 0.2) is 0 Å². The Kier molecular flexibility index (Phi) is 18.2. The van der Waals surface area contributed by atoms with Gasteiger partial charge in [0, 0.05) is 0 Å². The summed E-state index contributed by atoms with van der Waals surface area (Å²) in [5.74, 6) is 0. The maximum absolute atomic E-state index is 8.74. The Morgan fingerprint density at radius 2 is 1.10 bits per heavy atom. The normalized spacial score (nSPS) is 8.80. The molecular formula is C2H9KO6S. The number of aliphatic hydroxyl groups excluding tert-OH is 2. The topological polar surface area (TPSA) is 115 Å². The van der Waals surface area contributed by atoms with Crippen LogP contribution >= 0.6 is 0 Å². The summed E-state index contributed by atoms with van der Waals surface area (Å²) < 4.78 is 31.6. The van der Waals surface area contributed by atoms with Gasteiger partial charge in [0.05, 0.1) is 13.2 Å². The molecule has 60 valence electrons. The SMILES string of the molecule is O=S(=O)(O)O.OCCO.[KH]. The number of hydrogen-bond acceptors (Lipinski definition) is 4. The van der Waals surface area contributed by atoms with Crippen LogP contribution in [0.5, 0.6) is 0 Å². The average molecular weight is 200 g/mol. The van der Waals surface area contributed by atoms with E-state index in [1.54, 1.807) is 0 Å². The molecular weight excluding hydrogens is 191 g/mol. The molecule has 0 aliphatic rings. The van der Waals surface area contributed by atoms with Crippen LogP contribution in [-0.4, -0.2) is 92.3 Å². The van der Waals surface area contributed by atoms with Crippen molar-refractivity contribution >= 4 is 61.8 Å². The van der Waals surface area contributed by atoms with Crippen molar-refractivity contribution in [2.45, 2.75) is 0 Å². The Morgan fingerprint density at radius 1 is 1.00 bits per heavy atom. The summed E-state index contributed by atoms with van der Waals surface area (Å²) in [6, 6.07) is 0. The fourth-order valence-electron chi connectivity index (χ4n) is 0. The summed E-state index contributed by atoms with van der Waals surface area (Å²) in [5.41, 5.74) is 0. The molecule has 8 heteroatoms. The van der Waals surface area contributed by atoms with Gasteiger partial charge in [-0.2, -0.15) is 8.42 Å². The molecule has 6 nitrogen and oxygen atoms in total. The molecule has 0 unspecified atom stereocenters. The van der Waals surface area contributed by atoms with E-state index in [2.05, 4.69) is 0 Å². The molecule has 0 aliphatic carbocycles. The molecule has 0 rings (SSSR count). The van der Waals surface area contributed by atoms with Gasteiger partial charge >= 0.3 is 61.8 Å². The second kappa shape index (κ2) is 10.4. The van der Waals surface area contributed by atoms with Crippen LogP contribution in [0.1, 0.15) is 0 Å². The first-order chi connectivity index (χ1) is 3.91. The van der Waals surface area contributed by atoms with Crippen molar-refractivity contribution in [3.63, 3.8) is 0 Å². The van der Waals surface area contributed by atoms with Gasteiger partial charge in [-0.05, 0) is 0 Å². The maximum atomic E-state index is 8.74. The molecule has 0 spiro atoms. The van der Waals surface area contributed by atoms with Gasteiger partial charge in [0.1, 0.15) is 0 Å². The van der Waals surface area contributed by atoms with Crippen LogP contribution < -0.4 is 0 Å². The van der Waals surface area contributed by atoms with Crippen LogP contribution in [0, 0.1) is 0 Å². The van der Waals surface area contributed by atoms with Crippen molar-refractivity contribution in [3.05, 3.63) is 0 Å². The first-order valence-electron chi connectivity index (χ1n) is 1.83. The van der Waals surface area contributed by atoms with E-state index in [-0.39, 0.29) is 64.6 Å². The van der Waals surface area contributed by atoms with Gasteiger partial charge in [-0.15, -0.1) is 0 Å². The number of rotatable bonds is 1. The van der Waals surface area contributed by atoms with E-state index in [0.29, 0.717) is 0 Å². The number of aliphatic hydroxyl groups is 2. The zero-order valence-corrected chi connectivity index (χ0v) is 5.24. The van der Waals surface area contributed by atoms with Crippen LogP contribution in [0.25, 0.3) is 0 Å². The van der Waals surface area contributed by atoms with Gasteiger partial charge in [0.15, 0.2) is 0 Å². The minimum atomic E-state index is -4.67. The fourth-order valence-corrected chi connectivity index (χ4v) is 0. The molecule has 0 saturated carbocycles. The summed E-state index contributed by atoms with van der Waals surface area (Å²) >= 11 is 0. The molecule has 0 atom stereocenters.